The molecule has 0 spiro atoms. The molecular weight excluding hydrogens is 138 g/mol. The Bertz CT molecular complexity index is 228. The van der Waals surface area contributed by atoms with Crippen LogP contribution in [0.15, 0.2) is 36.0 Å². The lowest BCUT2D eigenvalue weighted by atomic mass is 10.1. The third-order valence-corrected chi connectivity index (χ3v) is 1.21. The van der Waals surface area contributed by atoms with Crippen LogP contribution in [0.5, 0.6) is 0 Å². The molecule has 0 bridgehead atoms. The summed E-state index contributed by atoms with van der Waals surface area (Å²) in [5.41, 5.74) is 0.0394. The molecule has 0 aliphatic heterocycles. The van der Waals surface area contributed by atoms with Gasteiger partial charge in [0.2, 0.25) is 0 Å². The molecule has 54 valence electrons. The number of aliphatic hydroxyl groups excluding tert-OH is 1. The van der Waals surface area contributed by atoms with E-state index in [0.29, 0.717) is 6.08 Å². The maximum Gasteiger partial charge on any atom is 0.136 e. The van der Waals surface area contributed by atoms with Gasteiger partial charge in [-0.2, -0.15) is 0 Å². The molecule has 1 aliphatic carbocycles. The van der Waals surface area contributed by atoms with E-state index in [0.717, 1.165) is 6.08 Å². The fourth-order valence-electron chi connectivity index (χ4n) is 0.685. The van der Waals surface area contributed by atoms with Crippen molar-refractivity contribution >= 4 is 0 Å². The van der Waals surface area contributed by atoms with Gasteiger partial charge in [0.1, 0.15) is 17.8 Å². The van der Waals surface area contributed by atoms with Gasteiger partial charge in [-0.3, -0.25) is 0 Å². The average molecular weight is 144 g/mol. The van der Waals surface area contributed by atoms with Gasteiger partial charge in [0.15, 0.2) is 0 Å². The lowest BCUT2D eigenvalue weighted by molar-refractivity contribution is 0.217. The molecule has 0 aromatic heterocycles. The first-order chi connectivity index (χ1) is 4.61. The van der Waals surface area contributed by atoms with Gasteiger partial charge < -0.3 is 5.11 Å². The predicted octanol–water partition coefficient (Wildman–Crippen LogP) is 1.62. The highest BCUT2D eigenvalue weighted by Gasteiger charge is 2.17. The maximum absolute atomic E-state index is 12.3. The molecule has 0 heterocycles. The van der Waals surface area contributed by atoms with Crippen LogP contribution < -0.4 is 0 Å². The van der Waals surface area contributed by atoms with Crippen molar-refractivity contribution in [3.05, 3.63) is 36.0 Å². The standard InChI is InChI=1S/C7H6F2O/c1-4-2-5(8)3-6(9)7(4)10/h2-3,7,10H,1H2. The van der Waals surface area contributed by atoms with Gasteiger partial charge in [0.05, 0.1) is 0 Å². The van der Waals surface area contributed by atoms with Crippen molar-refractivity contribution < 1.29 is 13.9 Å². The molecule has 1 unspecified atom stereocenters. The lowest BCUT2D eigenvalue weighted by Crippen LogP contribution is -2.11. The molecule has 3 heteroatoms. The highest BCUT2D eigenvalue weighted by atomic mass is 19.1. The third-order valence-electron chi connectivity index (χ3n) is 1.21. The van der Waals surface area contributed by atoms with Crippen LogP contribution in [-0.2, 0) is 0 Å². The minimum atomic E-state index is -1.36. The number of rotatable bonds is 0. The number of aliphatic hydroxyl groups is 1. The Kier molecular flexibility index (Phi) is 1.68. The SMILES string of the molecule is C=C1C=C(F)C=C(F)C1O. The second kappa shape index (κ2) is 2.34. The van der Waals surface area contributed by atoms with E-state index < -0.39 is 17.8 Å². The largest absolute Gasteiger partial charge is 0.381 e. The van der Waals surface area contributed by atoms with E-state index in [-0.39, 0.29) is 5.57 Å². The van der Waals surface area contributed by atoms with Crippen molar-refractivity contribution in [3.8, 4) is 0 Å². The molecule has 1 nitrogen and oxygen atoms in total. The molecule has 10 heavy (non-hydrogen) atoms. The number of halogens is 2. The van der Waals surface area contributed by atoms with Crippen molar-refractivity contribution in [1.29, 1.82) is 0 Å². The van der Waals surface area contributed by atoms with Gasteiger partial charge in [0.25, 0.3) is 0 Å². The first-order valence-corrected chi connectivity index (χ1v) is 2.72. The number of hydrogen-bond donors (Lipinski definition) is 1. The zero-order chi connectivity index (χ0) is 7.72. The Morgan fingerprint density at radius 2 is 2.00 bits per heavy atom. The molecule has 1 N–H and O–H groups in total. The second-order valence-electron chi connectivity index (χ2n) is 2.04. The first-order valence-electron chi connectivity index (χ1n) is 2.72. The molecule has 0 radical (unpaired) electrons. The topological polar surface area (TPSA) is 20.2 Å². The molecule has 0 amide bonds. The number of hydrogen-bond acceptors (Lipinski definition) is 1. The van der Waals surface area contributed by atoms with Gasteiger partial charge in [-0.1, -0.05) is 6.58 Å². The van der Waals surface area contributed by atoms with Crippen LogP contribution in [0.25, 0.3) is 0 Å². The quantitative estimate of drug-likeness (QED) is 0.547. The summed E-state index contributed by atoms with van der Waals surface area (Å²) >= 11 is 0. The van der Waals surface area contributed by atoms with E-state index in [9.17, 15) is 8.78 Å². The predicted molar refractivity (Wildman–Crippen MR) is 33.5 cm³/mol. The molecule has 1 aliphatic rings. The Morgan fingerprint density at radius 3 is 2.50 bits per heavy atom. The summed E-state index contributed by atoms with van der Waals surface area (Å²) < 4.78 is 24.6. The zero-order valence-electron chi connectivity index (χ0n) is 5.14. The molecule has 0 fully saturated rings. The fraction of sp³-hybridized carbons (Fsp3) is 0.143. The van der Waals surface area contributed by atoms with Gasteiger partial charge in [-0.15, -0.1) is 0 Å². The van der Waals surface area contributed by atoms with Crippen molar-refractivity contribution in [3.63, 3.8) is 0 Å². The van der Waals surface area contributed by atoms with Gasteiger partial charge in [-0.25, -0.2) is 8.78 Å². The maximum atomic E-state index is 12.3. The van der Waals surface area contributed by atoms with Crippen LogP contribution in [0.4, 0.5) is 8.78 Å². The first kappa shape index (κ1) is 7.15. The van der Waals surface area contributed by atoms with E-state index in [1.54, 1.807) is 0 Å². The van der Waals surface area contributed by atoms with E-state index in [1.165, 1.54) is 0 Å². The molecule has 0 saturated heterocycles. The zero-order valence-corrected chi connectivity index (χ0v) is 5.14. The minimum absolute atomic E-state index is 0.0394. The minimum Gasteiger partial charge on any atom is -0.381 e. The van der Waals surface area contributed by atoms with Crippen molar-refractivity contribution in [1.82, 2.24) is 0 Å². The Morgan fingerprint density at radius 1 is 1.40 bits per heavy atom. The summed E-state index contributed by atoms with van der Waals surface area (Å²) in [6, 6.07) is 0. The molecule has 0 aromatic carbocycles. The fourth-order valence-corrected chi connectivity index (χ4v) is 0.685. The van der Waals surface area contributed by atoms with Crippen LogP contribution in [-0.4, -0.2) is 11.2 Å². The highest BCUT2D eigenvalue weighted by Crippen LogP contribution is 2.22. The Balaban J connectivity index is 2.95. The van der Waals surface area contributed by atoms with Gasteiger partial charge >= 0.3 is 0 Å². The molecule has 1 atom stereocenters. The Labute approximate surface area is 57.0 Å². The molecular formula is C7H6F2O. The second-order valence-corrected chi connectivity index (χ2v) is 2.04. The highest BCUT2D eigenvalue weighted by molar-refractivity contribution is 5.37. The molecule has 0 aromatic rings. The summed E-state index contributed by atoms with van der Waals surface area (Å²) in [6.45, 7) is 3.25. The van der Waals surface area contributed by atoms with Crippen LogP contribution in [0.3, 0.4) is 0 Å². The van der Waals surface area contributed by atoms with Crippen molar-refractivity contribution in [2.24, 2.45) is 0 Å². The Hall–Kier alpha value is -0.960. The summed E-state index contributed by atoms with van der Waals surface area (Å²) in [4.78, 5) is 0. The van der Waals surface area contributed by atoms with E-state index in [1.807, 2.05) is 0 Å². The van der Waals surface area contributed by atoms with Crippen LogP contribution in [0.2, 0.25) is 0 Å². The average Bonchev–Trinajstić information content (AvgIpc) is 1.82. The van der Waals surface area contributed by atoms with E-state index in [4.69, 9.17) is 5.11 Å². The van der Waals surface area contributed by atoms with Crippen LogP contribution in [0, 0.1) is 0 Å². The van der Waals surface area contributed by atoms with E-state index >= 15 is 0 Å². The molecule has 1 rings (SSSR count). The van der Waals surface area contributed by atoms with E-state index in [2.05, 4.69) is 6.58 Å². The third kappa shape index (κ3) is 1.14. The smallest absolute Gasteiger partial charge is 0.136 e. The summed E-state index contributed by atoms with van der Waals surface area (Å²) in [7, 11) is 0. The molecule has 0 saturated carbocycles. The van der Waals surface area contributed by atoms with Crippen LogP contribution in [0.1, 0.15) is 0 Å². The van der Waals surface area contributed by atoms with Crippen LogP contribution >= 0.6 is 0 Å². The normalized spacial score (nSPS) is 25.9. The summed E-state index contributed by atoms with van der Waals surface area (Å²) in [6.07, 6.45) is 0.270. The van der Waals surface area contributed by atoms with Gasteiger partial charge in [0, 0.05) is 6.08 Å². The van der Waals surface area contributed by atoms with Crippen molar-refractivity contribution in [2.45, 2.75) is 6.10 Å². The van der Waals surface area contributed by atoms with Gasteiger partial charge in [-0.05, 0) is 11.6 Å². The monoisotopic (exact) mass is 144 g/mol. The lowest BCUT2D eigenvalue weighted by Gasteiger charge is -2.11. The number of allylic oxidation sites excluding steroid dienone is 2. The van der Waals surface area contributed by atoms with Crippen molar-refractivity contribution in [2.75, 3.05) is 0 Å². The summed E-state index contributed by atoms with van der Waals surface area (Å²) in [5, 5.41) is 8.81. The summed E-state index contributed by atoms with van der Waals surface area (Å²) in [5.74, 6) is -1.61.